The van der Waals surface area contributed by atoms with Crippen LogP contribution in [0.2, 0.25) is 10.0 Å². The largest absolute Gasteiger partial charge is 0.345 e. The number of carbonyl (C=O) groups is 1. The van der Waals surface area contributed by atoms with Gasteiger partial charge in [-0.2, -0.15) is 0 Å². The van der Waals surface area contributed by atoms with Gasteiger partial charge >= 0.3 is 6.03 Å². The van der Waals surface area contributed by atoms with Gasteiger partial charge < -0.3 is 9.13 Å². The van der Waals surface area contributed by atoms with Crippen LogP contribution < -0.4 is 9.80 Å². The second kappa shape index (κ2) is 11.2. The highest BCUT2D eigenvalue weighted by Crippen LogP contribution is 2.40. The van der Waals surface area contributed by atoms with Gasteiger partial charge in [0.25, 0.3) is 0 Å². The zero-order valence-corrected chi connectivity index (χ0v) is 25.9. The molecule has 0 radical (unpaired) electrons. The number of fused-ring (bicyclic) bond motifs is 4. The van der Waals surface area contributed by atoms with Gasteiger partial charge in [0, 0.05) is 59.1 Å². The van der Waals surface area contributed by atoms with Crippen LogP contribution in [0.25, 0.3) is 22.3 Å². The maximum absolute atomic E-state index is 15.0. The molecule has 8 rings (SSSR count). The summed E-state index contributed by atoms with van der Waals surface area (Å²) in [5, 5.41) is 0.616. The molecule has 5 nitrogen and oxygen atoms in total. The van der Waals surface area contributed by atoms with Crippen LogP contribution >= 0.6 is 23.2 Å². The van der Waals surface area contributed by atoms with E-state index < -0.39 is 11.6 Å². The standard InChI is InChI=1S/C37H26Cl2F2N4O/c38-31-17-25(40)9-11-27(31)29-13-15-42-19-23-5-1-3-7-33(23)44(21-35(29)42)37(46)45-22-36-30(28-12-10-26(41)18-32(28)39)14-16-43(36)20-24-6-2-4-8-34(24)45/h1-18H,19-22H2. The van der Waals surface area contributed by atoms with Gasteiger partial charge in [-0.25, -0.2) is 13.6 Å². The number of urea groups is 1. The van der Waals surface area contributed by atoms with E-state index in [0.29, 0.717) is 34.3 Å². The Hall–Kier alpha value is -4.85. The average Bonchev–Trinajstić information content (AvgIpc) is 3.51. The van der Waals surface area contributed by atoms with Crippen molar-refractivity contribution in [3.8, 4) is 22.3 Å². The number of halogens is 4. The topological polar surface area (TPSA) is 33.4 Å². The molecule has 0 unspecified atom stereocenters. The highest BCUT2D eigenvalue weighted by Gasteiger charge is 2.33. The Morgan fingerprint density at radius 3 is 1.41 bits per heavy atom. The van der Waals surface area contributed by atoms with Crippen molar-refractivity contribution in [2.75, 3.05) is 9.80 Å². The zero-order valence-electron chi connectivity index (χ0n) is 24.4. The van der Waals surface area contributed by atoms with E-state index in [1.165, 1.54) is 24.3 Å². The minimum atomic E-state index is -0.408. The van der Waals surface area contributed by atoms with Crippen LogP contribution in [0.3, 0.4) is 0 Å². The number of amides is 2. The van der Waals surface area contributed by atoms with Gasteiger partial charge in [0.05, 0.1) is 34.5 Å². The van der Waals surface area contributed by atoms with Crippen molar-refractivity contribution in [3.05, 3.63) is 154 Å². The predicted octanol–water partition coefficient (Wildman–Crippen LogP) is 9.77. The third kappa shape index (κ3) is 4.78. The summed E-state index contributed by atoms with van der Waals surface area (Å²) in [4.78, 5) is 18.7. The molecule has 0 atom stereocenters. The van der Waals surface area contributed by atoms with Crippen LogP contribution in [0.5, 0.6) is 0 Å². The average molecular weight is 652 g/mol. The fourth-order valence-corrected chi connectivity index (χ4v) is 7.24. The fraction of sp³-hybridized carbons (Fsp3) is 0.108. The third-order valence-corrected chi connectivity index (χ3v) is 9.55. The van der Waals surface area contributed by atoms with Crippen molar-refractivity contribution in [1.82, 2.24) is 9.13 Å². The summed E-state index contributed by atoms with van der Waals surface area (Å²) in [7, 11) is 0. The summed E-state index contributed by atoms with van der Waals surface area (Å²) in [6.07, 6.45) is 3.98. The molecule has 2 aliphatic heterocycles. The Labute approximate surface area is 274 Å². The SMILES string of the molecule is O=C(N1Cc2c(-c3ccc(F)cc3Cl)ccn2Cc2ccccc21)N1Cc2c(-c3ccc(F)cc3Cl)ccn2Cc2ccccc21. The minimum Gasteiger partial charge on any atom is -0.345 e. The number of para-hydroxylation sites is 2. The molecule has 4 heterocycles. The predicted molar refractivity (Wildman–Crippen MR) is 179 cm³/mol. The van der Waals surface area contributed by atoms with Crippen LogP contribution in [0, 0.1) is 11.6 Å². The molecule has 4 aromatic carbocycles. The van der Waals surface area contributed by atoms with Crippen molar-refractivity contribution >= 4 is 40.6 Å². The molecular weight excluding hydrogens is 625 g/mol. The third-order valence-electron chi connectivity index (χ3n) is 8.92. The van der Waals surface area contributed by atoms with Crippen LogP contribution in [-0.4, -0.2) is 15.2 Å². The number of hydrogen-bond donors (Lipinski definition) is 0. The van der Waals surface area contributed by atoms with E-state index in [1.807, 2.05) is 82.9 Å². The normalized spacial score (nSPS) is 13.7. The van der Waals surface area contributed by atoms with Gasteiger partial charge in [0.1, 0.15) is 11.6 Å². The van der Waals surface area contributed by atoms with E-state index in [0.717, 1.165) is 45.0 Å². The van der Waals surface area contributed by atoms with Crippen LogP contribution in [0.15, 0.2) is 109 Å². The minimum absolute atomic E-state index is 0.198. The Bertz CT molecular complexity index is 2020. The zero-order chi connectivity index (χ0) is 31.5. The van der Waals surface area contributed by atoms with Gasteiger partial charge in [0.2, 0.25) is 0 Å². The van der Waals surface area contributed by atoms with E-state index in [4.69, 9.17) is 23.2 Å². The lowest BCUT2D eigenvalue weighted by Gasteiger charge is -2.31. The van der Waals surface area contributed by atoms with Crippen molar-refractivity contribution in [3.63, 3.8) is 0 Å². The lowest BCUT2D eigenvalue weighted by molar-refractivity contribution is 0.250. The summed E-state index contributed by atoms with van der Waals surface area (Å²) in [6.45, 7) is 1.64. The van der Waals surface area contributed by atoms with Gasteiger partial charge in [-0.1, -0.05) is 59.6 Å². The maximum atomic E-state index is 15.0. The molecule has 6 aromatic rings. The molecule has 2 aromatic heterocycles. The number of aromatic nitrogens is 2. The second-order valence-electron chi connectivity index (χ2n) is 11.6. The molecule has 228 valence electrons. The first kappa shape index (κ1) is 28.6. The molecule has 2 aliphatic rings. The summed E-state index contributed by atoms with van der Waals surface area (Å²) in [5.41, 5.74) is 8.48. The molecule has 46 heavy (non-hydrogen) atoms. The number of carbonyl (C=O) groups excluding carboxylic acids is 1. The molecule has 0 fully saturated rings. The number of benzene rings is 4. The van der Waals surface area contributed by atoms with E-state index in [-0.39, 0.29) is 19.1 Å². The Morgan fingerprint density at radius 1 is 0.543 bits per heavy atom. The first-order chi connectivity index (χ1) is 22.4. The quantitative estimate of drug-likeness (QED) is 0.184. The number of nitrogens with zero attached hydrogens (tertiary/aromatic N) is 4. The monoisotopic (exact) mass is 650 g/mol. The second-order valence-corrected chi connectivity index (χ2v) is 12.4. The molecule has 0 aliphatic carbocycles. The van der Waals surface area contributed by atoms with Crippen molar-refractivity contribution in [2.24, 2.45) is 0 Å². The van der Waals surface area contributed by atoms with Crippen LogP contribution in [-0.2, 0) is 26.2 Å². The molecule has 9 heteroatoms. The Balaban J connectivity index is 1.25. The highest BCUT2D eigenvalue weighted by molar-refractivity contribution is 6.33. The van der Waals surface area contributed by atoms with Crippen LogP contribution in [0.4, 0.5) is 25.0 Å². The first-order valence-corrected chi connectivity index (χ1v) is 15.6. The molecule has 2 amide bonds. The number of rotatable bonds is 2. The molecule has 0 saturated heterocycles. The van der Waals surface area contributed by atoms with Crippen molar-refractivity contribution in [1.29, 1.82) is 0 Å². The summed E-state index contributed by atoms with van der Waals surface area (Å²) < 4.78 is 32.2. The smallest absolute Gasteiger partial charge is 0.329 e. The number of anilines is 2. The number of hydrogen-bond acceptors (Lipinski definition) is 1. The van der Waals surface area contributed by atoms with E-state index in [1.54, 1.807) is 12.1 Å². The Kier molecular flexibility index (Phi) is 6.96. The molecule has 0 bridgehead atoms. The lowest BCUT2D eigenvalue weighted by Crippen LogP contribution is -2.43. The molecule has 0 N–H and O–H groups in total. The fourth-order valence-electron chi connectivity index (χ4n) is 6.70. The van der Waals surface area contributed by atoms with Gasteiger partial charge in [0.15, 0.2) is 0 Å². The van der Waals surface area contributed by atoms with Gasteiger partial charge in [-0.15, -0.1) is 0 Å². The van der Waals surface area contributed by atoms with Crippen LogP contribution in [0.1, 0.15) is 22.5 Å². The van der Waals surface area contributed by atoms with Gasteiger partial charge in [-0.05, 0) is 71.8 Å². The van der Waals surface area contributed by atoms with E-state index in [9.17, 15) is 8.78 Å². The first-order valence-electron chi connectivity index (χ1n) is 14.9. The van der Waals surface area contributed by atoms with E-state index >= 15 is 4.79 Å². The maximum Gasteiger partial charge on any atom is 0.329 e. The highest BCUT2D eigenvalue weighted by atomic mass is 35.5. The summed E-state index contributed by atoms with van der Waals surface area (Å²) in [5.74, 6) is -0.816. The molecule has 0 spiro atoms. The van der Waals surface area contributed by atoms with Gasteiger partial charge in [-0.3, -0.25) is 9.80 Å². The summed E-state index contributed by atoms with van der Waals surface area (Å²) in [6, 6.07) is 28.3. The molecule has 0 saturated carbocycles. The summed E-state index contributed by atoms with van der Waals surface area (Å²) >= 11 is 13.1. The lowest BCUT2D eigenvalue weighted by atomic mass is 10.0. The van der Waals surface area contributed by atoms with Crippen molar-refractivity contribution < 1.29 is 13.6 Å². The van der Waals surface area contributed by atoms with Crippen molar-refractivity contribution in [2.45, 2.75) is 26.2 Å². The van der Waals surface area contributed by atoms with E-state index in [2.05, 4.69) is 9.13 Å². The Morgan fingerprint density at radius 2 is 0.978 bits per heavy atom. The molecular formula is C37H26Cl2F2N4O.